The lowest BCUT2D eigenvalue weighted by molar-refractivity contribution is -0.151. The summed E-state index contributed by atoms with van der Waals surface area (Å²) in [7, 11) is 0. The molecule has 1 fully saturated rings. The van der Waals surface area contributed by atoms with E-state index in [0.29, 0.717) is 32.5 Å². The highest BCUT2D eigenvalue weighted by Gasteiger charge is 2.37. The van der Waals surface area contributed by atoms with E-state index < -0.39 is 35.6 Å². The predicted molar refractivity (Wildman–Crippen MR) is 129 cm³/mol. The van der Waals surface area contributed by atoms with Crippen molar-refractivity contribution in [3.05, 3.63) is 42.0 Å². The molecule has 1 saturated heterocycles. The van der Waals surface area contributed by atoms with Gasteiger partial charge in [-0.25, -0.2) is 10.5 Å². The molecule has 0 radical (unpaired) electrons. The van der Waals surface area contributed by atoms with Crippen molar-refractivity contribution in [2.24, 2.45) is 23.5 Å². The van der Waals surface area contributed by atoms with Gasteiger partial charge in [-0.2, -0.15) is 0 Å². The number of carbonyl (C=O) groups is 3. The van der Waals surface area contributed by atoms with E-state index >= 15 is 0 Å². The van der Waals surface area contributed by atoms with E-state index in [1.807, 2.05) is 56.3 Å². The molecule has 1 heterocycles. The van der Waals surface area contributed by atoms with E-state index in [-0.39, 0.29) is 18.4 Å². The zero-order valence-corrected chi connectivity index (χ0v) is 20.3. The highest BCUT2D eigenvalue weighted by atomic mass is 16.5. The molecular formula is C25H38N4O5. The van der Waals surface area contributed by atoms with Gasteiger partial charge in [0.2, 0.25) is 11.8 Å². The average Bonchev–Trinajstić information content (AvgIpc) is 2.84. The number of allylic oxidation sites excluding steroid dienone is 1. The van der Waals surface area contributed by atoms with Crippen LogP contribution in [0.2, 0.25) is 0 Å². The van der Waals surface area contributed by atoms with Crippen LogP contribution in [-0.2, 0) is 19.1 Å². The van der Waals surface area contributed by atoms with Gasteiger partial charge in [-0.1, -0.05) is 56.3 Å². The zero-order valence-electron chi connectivity index (χ0n) is 20.3. The van der Waals surface area contributed by atoms with E-state index in [4.69, 9.17) is 10.5 Å². The molecule has 0 saturated carbocycles. The molecule has 3 atom stereocenters. The molecule has 188 valence electrons. The molecule has 9 heteroatoms. The number of ether oxygens (including phenoxy) is 1. The summed E-state index contributed by atoms with van der Waals surface area (Å²) in [6.07, 6.45) is 5.48. The van der Waals surface area contributed by atoms with Gasteiger partial charge >= 0.3 is 0 Å². The van der Waals surface area contributed by atoms with Crippen LogP contribution in [0.25, 0.3) is 6.08 Å². The molecule has 0 bridgehead atoms. The molecule has 1 aliphatic rings. The van der Waals surface area contributed by atoms with Gasteiger partial charge in [0.15, 0.2) is 0 Å². The topological polar surface area (TPSA) is 134 Å². The maximum atomic E-state index is 13.5. The average molecular weight is 475 g/mol. The molecule has 0 aliphatic carbocycles. The van der Waals surface area contributed by atoms with Gasteiger partial charge in [-0.3, -0.25) is 25.0 Å². The van der Waals surface area contributed by atoms with Crippen LogP contribution >= 0.6 is 0 Å². The molecule has 0 unspecified atom stereocenters. The lowest BCUT2D eigenvalue weighted by Gasteiger charge is -2.37. The molecule has 5 N–H and O–H groups in total. The largest absolute Gasteiger partial charge is 0.381 e. The van der Waals surface area contributed by atoms with Gasteiger partial charge in [0, 0.05) is 13.2 Å². The van der Waals surface area contributed by atoms with E-state index in [1.54, 1.807) is 12.4 Å². The van der Waals surface area contributed by atoms with Crippen LogP contribution in [0, 0.1) is 17.8 Å². The molecule has 3 amide bonds. The van der Waals surface area contributed by atoms with E-state index in [0.717, 1.165) is 5.56 Å². The van der Waals surface area contributed by atoms with Crippen LogP contribution in [0.1, 0.15) is 52.0 Å². The van der Waals surface area contributed by atoms with Crippen LogP contribution < -0.4 is 16.6 Å². The molecule has 0 spiro atoms. The Bertz CT molecular complexity index is 822. The van der Waals surface area contributed by atoms with Gasteiger partial charge in [0.1, 0.15) is 0 Å². The number of amides is 3. The van der Waals surface area contributed by atoms with Crippen molar-refractivity contribution in [3.63, 3.8) is 0 Å². The summed E-state index contributed by atoms with van der Waals surface area (Å²) in [4.78, 5) is 38.9. The van der Waals surface area contributed by atoms with Crippen LogP contribution in [0.4, 0.5) is 0 Å². The quantitative estimate of drug-likeness (QED) is 0.304. The molecule has 1 aromatic carbocycles. The van der Waals surface area contributed by atoms with Crippen molar-refractivity contribution in [2.45, 2.75) is 58.5 Å². The second-order valence-corrected chi connectivity index (χ2v) is 9.18. The highest BCUT2D eigenvalue weighted by Crippen LogP contribution is 2.26. The van der Waals surface area contributed by atoms with Crippen LogP contribution in [0.15, 0.2) is 36.4 Å². The maximum absolute atomic E-state index is 13.5. The molecule has 1 aromatic rings. The fourth-order valence-corrected chi connectivity index (χ4v) is 4.10. The maximum Gasteiger partial charge on any atom is 0.257 e. The van der Waals surface area contributed by atoms with Gasteiger partial charge in [-0.15, -0.1) is 0 Å². The summed E-state index contributed by atoms with van der Waals surface area (Å²) in [6, 6.07) is 8.56. The SMILES string of the molecule is CC(C)C[C@@H](C(=O)NN(C(=O)[C@@H](C)N)C1CCOCC1)[C@H](CC=Cc1ccccc1)C(=O)NO. The summed E-state index contributed by atoms with van der Waals surface area (Å²) in [5, 5.41) is 10.7. The number of benzene rings is 1. The minimum absolute atomic E-state index is 0.100. The molecule has 1 aliphatic heterocycles. The van der Waals surface area contributed by atoms with Crippen molar-refractivity contribution in [1.29, 1.82) is 0 Å². The minimum Gasteiger partial charge on any atom is -0.381 e. The summed E-state index contributed by atoms with van der Waals surface area (Å²) in [5.41, 5.74) is 11.3. The molecule has 2 rings (SSSR count). The number of carbonyl (C=O) groups excluding carboxylic acids is 3. The van der Waals surface area contributed by atoms with Gasteiger partial charge in [0.05, 0.1) is 23.9 Å². The first-order valence-corrected chi connectivity index (χ1v) is 11.9. The standard InChI is InChI=1S/C25H38N4O5/c1-17(2)16-22(21(24(31)28-33)11-7-10-19-8-5-4-6-9-19)23(30)27-29(25(32)18(3)26)20-12-14-34-15-13-20/h4-10,17-18,20-22,33H,11-16,26H2,1-3H3,(H,27,30)(H,28,31)/t18-,21+,22-/m1/s1. The van der Waals surface area contributed by atoms with Crippen LogP contribution in [0.5, 0.6) is 0 Å². The normalized spacial score (nSPS) is 17.2. The fraction of sp³-hybridized carbons (Fsp3) is 0.560. The third-order valence-corrected chi connectivity index (χ3v) is 5.91. The third-order valence-electron chi connectivity index (χ3n) is 5.91. The van der Waals surface area contributed by atoms with E-state index in [2.05, 4.69) is 5.43 Å². The monoisotopic (exact) mass is 474 g/mol. The molecule has 0 aromatic heterocycles. The number of nitrogens with zero attached hydrogens (tertiary/aromatic N) is 1. The lowest BCUT2D eigenvalue weighted by atomic mass is 9.82. The smallest absolute Gasteiger partial charge is 0.257 e. The van der Waals surface area contributed by atoms with Gasteiger partial charge < -0.3 is 10.5 Å². The number of nitrogens with two attached hydrogens (primary N) is 1. The van der Waals surface area contributed by atoms with Gasteiger partial charge in [0.25, 0.3) is 5.91 Å². The third kappa shape index (κ3) is 8.23. The van der Waals surface area contributed by atoms with Gasteiger partial charge in [-0.05, 0) is 44.1 Å². The van der Waals surface area contributed by atoms with Crippen LogP contribution in [-0.4, -0.2) is 53.2 Å². The summed E-state index contributed by atoms with van der Waals surface area (Å²) < 4.78 is 5.39. The second-order valence-electron chi connectivity index (χ2n) is 9.18. The van der Waals surface area contributed by atoms with Crippen molar-refractivity contribution in [1.82, 2.24) is 15.9 Å². The Morgan fingerprint density at radius 1 is 1.12 bits per heavy atom. The van der Waals surface area contributed by atoms with E-state index in [9.17, 15) is 19.6 Å². The summed E-state index contributed by atoms with van der Waals surface area (Å²) >= 11 is 0. The number of hydrazine groups is 1. The highest BCUT2D eigenvalue weighted by molar-refractivity contribution is 5.89. The first-order valence-electron chi connectivity index (χ1n) is 11.9. The Kier molecular flexibility index (Phi) is 11.2. The minimum atomic E-state index is -0.825. The van der Waals surface area contributed by atoms with Crippen molar-refractivity contribution >= 4 is 23.8 Å². The Balaban J connectivity index is 2.26. The Labute approximate surface area is 201 Å². The van der Waals surface area contributed by atoms with E-state index in [1.165, 1.54) is 5.01 Å². The van der Waals surface area contributed by atoms with Crippen molar-refractivity contribution in [2.75, 3.05) is 13.2 Å². The summed E-state index contributed by atoms with van der Waals surface area (Å²) in [6.45, 7) is 6.45. The summed E-state index contributed by atoms with van der Waals surface area (Å²) in [5.74, 6) is -2.98. The number of hydroxylamine groups is 1. The number of hydrogen-bond acceptors (Lipinski definition) is 6. The first-order chi connectivity index (χ1) is 16.2. The zero-order chi connectivity index (χ0) is 25.1. The Morgan fingerprint density at radius 3 is 2.32 bits per heavy atom. The Hall–Kier alpha value is -2.75. The van der Waals surface area contributed by atoms with Crippen molar-refractivity contribution in [3.8, 4) is 0 Å². The van der Waals surface area contributed by atoms with Crippen LogP contribution in [0.3, 0.4) is 0 Å². The van der Waals surface area contributed by atoms with Crippen molar-refractivity contribution < 1.29 is 24.3 Å². The molecular weight excluding hydrogens is 436 g/mol. The molecule has 9 nitrogen and oxygen atoms in total. The molecule has 34 heavy (non-hydrogen) atoms. The fourth-order valence-electron chi connectivity index (χ4n) is 4.10. The number of rotatable bonds is 10. The number of hydrogen-bond donors (Lipinski definition) is 4. The predicted octanol–water partition coefficient (Wildman–Crippen LogP) is 2.26. The Morgan fingerprint density at radius 2 is 1.76 bits per heavy atom. The number of nitrogens with one attached hydrogen (secondary N) is 2. The first kappa shape index (κ1) is 27.5. The lowest BCUT2D eigenvalue weighted by Crippen LogP contribution is -2.59. The second kappa shape index (κ2) is 13.8.